The number of rotatable bonds is 19. The molecule has 0 fully saturated rings. The molecule has 2 N–H and O–H groups in total. The highest BCUT2D eigenvalue weighted by Crippen LogP contribution is 2.28. The first-order valence-electron chi connectivity index (χ1n) is 12.3. The molecule has 1 aromatic carbocycles. The van der Waals surface area contributed by atoms with E-state index in [1.165, 1.54) is 51.4 Å². The maximum atomic E-state index is 12.8. The average Bonchev–Trinajstić information content (AvgIpc) is 2.83. The van der Waals surface area contributed by atoms with E-state index >= 15 is 0 Å². The fourth-order valence-electron chi connectivity index (χ4n) is 3.55. The minimum atomic E-state index is -0.311. The van der Waals surface area contributed by atoms with Crippen molar-refractivity contribution in [3.63, 3.8) is 0 Å². The summed E-state index contributed by atoms with van der Waals surface area (Å²) in [4.78, 5) is 25.5. The van der Waals surface area contributed by atoms with Gasteiger partial charge in [0.2, 0.25) is 0 Å². The summed E-state index contributed by atoms with van der Waals surface area (Å²) >= 11 is 0. The molecule has 0 aliphatic rings. The summed E-state index contributed by atoms with van der Waals surface area (Å²) in [6, 6.07) is 3.40. The Morgan fingerprint density at radius 3 is 1.67 bits per heavy atom. The molecule has 0 atom stereocenters. The second kappa shape index (κ2) is 17.7. The minimum Gasteiger partial charge on any atom is -0.492 e. The van der Waals surface area contributed by atoms with E-state index in [2.05, 4.69) is 37.3 Å². The van der Waals surface area contributed by atoms with Crippen LogP contribution in [0.1, 0.15) is 97.4 Å². The molecule has 0 aliphatic carbocycles. The van der Waals surface area contributed by atoms with E-state index in [0.29, 0.717) is 42.1 Å². The lowest BCUT2D eigenvalue weighted by atomic mass is 10.0. The summed E-state index contributed by atoms with van der Waals surface area (Å²) in [6.07, 6.45) is 17.1. The van der Waals surface area contributed by atoms with Crippen LogP contribution in [0.2, 0.25) is 0 Å². The minimum absolute atomic E-state index is 0.305. The number of unbranched alkanes of at least 4 members (excludes halogenated alkanes) is 9. The van der Waals surface area contributed by atoms with Gasteiger partial charge >= 0.3 is 0 Å². The molecule has 1 aromatic rings. The Balaban J connectivity index is 2.77. The van der Waals surface area contributed by atoms with Gasteiger partial charge in [-0.2, -0.15) is 0 Å². The lowest BCUT2D eigenvalue weighted by Gasteiger charge is -2.17. The number of carbonyl (C=O) groups is 2. The van der Waals surface area contributed by atoms with Gasteiger partial charge < -0.3 is 15.4 Å². The van der Waals surface area contributed by atoms with Crippen molar-refractivity contribution in [2.45, 2.75) is 71.1 Å². The van der Waals surface area contributed by atoms with Gasteiger partial charge in [-0.15, -0.1) is 13.2 Å². The van der Waals surface area contributed by atoms with Gasteiger partial charge in [-0.3, -0.25) is 9.59 Å². The van der Waals surface area contributed by atoms with Crippen LogP contribution in [0.4, 0.5) is 0 Å². The van der Waals surface area contributed by atoms with Gasteiger partial charge in [-0.05, 0) is 24.1 Å². The predicted octanol–water partition coefficient (Wildman–Crippen LogP) is 6.46. The lowest BCUT2D eigenvalue weighted by molar-refractivity contribution is 0.0950. The standard InChI is InChI=1S/C28H42N2O3/c1-5-9-10-11-12-13-14-15-16-17-20-33-26-24(27(31)29-18-6-2)21-23(8-4)22-25(26)28(32)30-19-7-3/h6-8,21-22H,2-5,9-20H2,1H3,(H,29,31)(H,30,32). The SMILES string of the molecule is C=CCNC(=O)c1cc(C=C)cc(C(=O)NCC=C)c1OCCCCCCCCCCCC. The highest BCUT2D eigenvalue weighted by molar-refractivity contribution is 6.05. The van der Waals surface area contributed by atoms with E-state index in [0.717, 1.165) is 12.8 Å². The number of benzene rings is 1. The van der Waals surface area contributed by atoms with Crippen LogP contribution < -0.4 is 15.4 Å². The van der Waals surface area contributed by atoms with E-state index in [1.54, 1.807) is 30.4 Å². The molecule has 0 heterocycles. The van der Waals surface area contributed by atoms with Crippen molar-refractivity contribution in [1.82, 2.24) is 10.6 Å². The Labute approximate surface area is 200 Å². The average molecular weight is 455 g/mol. The van der Waals surface area contributed by atoms with Gasteiger partial charge in [-0.25, -0.2) is 0 Å². The zero-order valence-corrected chi connectivity index (χ0v) is 20.4. The third-order valence-electron chi connectivity index (χ3n) is 5.39. The predicted molar refractivity (Wildman–Crippen MR) is 139 cm³/mol. The molecular weight excluding hydrogens is 412 g/mol. The molecular formula is C28H42N2O3. The van der Waals surface area contributed by atoms with Crippen LogP contribution in [-0.4, -0.2) is 31.5 Å². The second-order valence-corrected chi connectivity index (χ2v) is 8.18. The fraction of sp³-hybridized carbons (Fsp3) is 0.500. The number of carbonyl (C=O) groups excluding carboxylic acids is 2. The third-order valence-corrected chi connectivity index (χ3v) is 5.39. The molecule has 5 heteroatoms. The maximum absolute atomic E-state index is 12.8. The molecule has 182 valence electrons. The van der Waals surface area contributed by atoms with Crippen LogP contribution in [-0.2, 0) is 0 Å². The first-order valence-corrected chi connectivity index (χ1v) is 12.3. The first-order chi connectivity index (χ1) is 16.1. The number of ether oxygens (including phenoxy) is 1. The number of amides is 2. The molecule has 33 heavy (non-hydrogen) atoms. The smallest absolute Gasteiger partial charge is 0.255 e. The number of hydrogen-bond acceptors (Lipinski definition) is 3. The highest BCUT2D eigenvalue weighted by atomic mass is 16.5. The van der Waals surface area contributed by atoms with Crippen molar-refractivity contribution >= 4 is 17.9 Å². The van der Waals surface area contributed by atoms with E-state index in [9.17, 15) is 9.59 Å². The van der Waals surface area contributed by atoms with Crippen LogP contribution in [0.5, 0.6) is 5.75 Å². The van der Waals surface area contributed by atoms with Crippen molar-refractivity contribution in [3.05, 3.63) is 60.7 Å². The van der Waals surface area contributed by atoms with Gasteiger partial charge in [0, 0.05) is 13.1 Å². The summed E-state index contributed by atoms with van der Waals surface area (Å²) < 4.78 is 6.03. The van der Waals surface area contributed by atoms with E-state index < -0.39 is 0 Å². The van der Waals surface area contributed by atoms with Crippen LogP contribution in [0.25, 0.3) is 6.08 Å². The second-order valence-electron chi connectivity index (χ2n) is 8.18. The molecule has 0 spiro atoms. The third kappa shape index (κ3) is 11.0. The molecule has 0 aliphatic heterocycles. The lowest BCUT2D eigenvalue weighted by Crippen LogP contribution is -2.27. The summed E-state index contributed by atoms with van der Waals surface area (Å²) in [7, 11) is 0. The van der Waals surface area contributed by atoms with E-state index in [4.69, 9.17) is 4.74 Å². The normalized spacial score (nSPS) is 10.3. The molecule has 0 saturated carbocycles. The van der Waals surface area contributed by atoms with E-state index in [-0.39, 0.29) is 11.8 Å². The molecule has 0 radical (unpaired) electrons. The van der Waals surface area contributed by atoms with Crippen LogP contribution in [0.15, 0.2) is 44.0 Å². The molecule has 0 unspecified atom stereocenters. The molecule has 5 nitrogen and oxygen atoms in total. The number of hydrogen-bond donors (Lipinski definition) is 2. The molecule has 1 rings (SSSR count). The van der Waals surface area contributed by atoms with Crippen molar-refractivity contribution in [2.75, 3.05) is 19.7 Å². The monoisotopic (exact) mass is 454 g/mol. The Kier molecular flexibility index (Phi) is 15.1. The topological polar surface area (TPSA) is 67.4 Å². The molecule has 2 amide bonds. The Bertz CT molecular complexity index is 725. The summed E-state index contributed by atoms with van der Waals surface area (Å²) in [5, 5.41) is 5.55. The summed E-state index contributed by atoms with van der Waals surface area (Å²) in [6.45, 7) is 14.4. The maximum Gasteiger partial charge on any atom is 0.255 e. The quantitative estimate of drug-likeness (QED) is 0.186. The van der Waals surface area contributed by atoms with E-state index in [1.807, 2.05) is 0 Å². The van der Waals surface area contributed by atoms with Crippen molar-refractivity contribution < 1.29 is 14.3 Å². The highest BCUT2D eigenvalue weighted by Gasteiger charge is 2.21. The summed E-state index contributed by atoms with van der Waals surface area (Å²) in [5.74, 6) is -0.316. The fourth-order valence-corrected chi connectivity index (χ4v) is 3.55. The van der Waals surface area contributed by atoms with Gasteiger partial charge in [-0.1, -0.05) is 89.5 Å². The van der Waals surface area contributed by atoms with Crippen LogP contribution in [0, 0.1) is 0 Å². The largest absolute Gasteiger partial charge is 0.492 e. The summed E-state index contributed by atoms with van der Waals surface area (Å²) in [5.41, 5.74) is 1.32. The van der Waals surface area contributed by atoms with Gasteiger partial charge in [0.15, 0.2) is 0 Å². The van der Waals surface area contributed by atoms with Gasteiger partial charge in [0.1, 0.15) is 5.75 Å². The van der Waals surface area contributed by atoms with Crippen molar-refractivity contribution in [2.24, 2.45) is 0 Å². The Morgan fingerprint density at radius 2 is 1.24 bits per heavy atom. The zero-order chi connectivity index (χ0) is 24.3. The van der Waals surface area contributed by atoms with Crippen molar-refractivity contribution in [3.8, 4) is 5.75 Å². The van der Waals surface area contributed by atoms with Gasteiger partial charge in [0.25, 0.3) is 11.8 Å². The molecule has 0 saturated heterocycles. The Hall–Kier alpha value is -2.82. The molecule has 0 bridgehead atoms. The van der Waals surface area contributed by atoms with Crippen LogP contribution in [0.3, 0.4) is 0 Å². The number of nitrogens with one attached hydrogen (secondary N) is 2. The van der Waals surface area contributed by atoms with Gasteiger partial charge in [0.05, 0.1) is 17.7 Å². The molecule has 0 aromatic heterocycles. The first kappa shape index (κ1) is 28.2. The Morgan fingerprint density at radius 1 is 0.788 bits per heavy atom. The zero-order valence-electron chi connectivity index (χ0n) is 20.4. The van der Waals surface area contributed by atoms with Crippen LogP contribution >= 0.6 is 0 Å². The van der Waals surface area contributed by atoms with Crippen molar-refractivity contribution in [1.29, 1.82) is 0 Å².